The number of hydrogen-bond acceptors (Lipinski definition) is 3. The van der Waals surface area contributed by atoms with Gasteiger partial charge in [-0.1, -0.05) is 6.07 Å². The van der Waals surface area contributed by atoms with Gasteiger partial charge in [0.15, 0.2) is 0 Å². The van der Waals surface area contributed by atoms with E-state index in [-0.39, 0.29) is 17.8 Å². The van der Waals surface area contributed by atoms with Crippen LogP contribution in [-0.2, 0) is 9.53 Å². The number of nitrogens with one attached hydrogen (secondary N) is 1. The fourth-order valence-corrected chi connectivity index (χ4v) is 1.26. The second-order valence-electron chi connectivity index (χ2n) is 2.96. The highest BCUT2D eigenvalue weighted by Gasteiger charge is 2.14. The van der Waals surface area contributed by atoms with Gasteiger partial charge in [0.25, 0.3) is 0 Å². The van der Waals surface area contributed by atoms with Crippen LogP contribution in [0.15, 0.2) is 24.4 Å². The van der Waals surface area contributed by atoms with Gasteiger partial charge in [0, 0.05) is 13.3 Å². The Balaban J connectivity index is 2.70. The number of pyridine rings is 1. The van der Waals surface area contributed by atoms with Crippen LogP contribution in [0.1, 0.15) is 11.7 Å². The van der Waals surface area contributed by atoms with Crippen LogP contribution in [0, 0.1) is 0 Å². The summed E-state index contributed by atoms with van der Waals surface area (Å²) in [5.41, 5.74) is 0.762. The van der Waals surface area contributed by atoms with Gasteiger partial charge in [0.1, 0.15) is 5.88 Å². The van der Waals surface area contributed by atoms with Gasteiger partial charge in [-0.3, -0.25) is 9.78 Å². The maximum Gasteiger partial charge on any atom is 0.235 e. The summed E-state index contributed by atoms with van der Waals surface area (Å²) in [4.78, 5) is 15.3. The Labute approximate surface area is 93.6 Å². The molecule has 0 spiro atoms. The molecule has 1 heterocycles. The molecule has 0 aliphatic heterocycles. The lowest BCUT2D eigenvalue weighted by molar-refractivity contribution is -0.119. The summed E-state index contributed by atoms with van der Waals surface area (Å²) < 4.78 is 5.01. The van der Waals surface area contributed by atoms with E-state index < -0.39 is 0 Å². The minimum absolute atomic E-state index is 0.0625. The number of ether oxygens (including phenoxy) is 1. The highest BCUT2D eigenvalue weighted by Crippen LogP contribution is 2.09. The minimum Gasteiger partial charge on any atom is -0.382 e. The molecule has 1 rings (SSSR count). The fourth-order valence-electron chi connectivity index (χ4n) is 1.18. The van der Waals surface area contributed by atoms with E-state index in [0.29, 0.717) is 6.61 Å². The molecule has 1 aromatic rings. The molecule has 0 aromatic carbocycles. The zero-order valence-corrected chi connectivity index (χ0v) is 9.20. The Morgan fingerprint density at radius 2 is 2.47 bits per heavy atom. The van der Waals surface area contributed by atoms with E-state index in [0.717, 1.165) is 5.69 Å². The van der Waals surface area contributed by atoms with Crippen LogP contribution in [-0.4, -0.2) is 30.5 Å². The van der Waals surface area contributed by atoms with E-state index in [4.69, 9.17) is 16.3 Å². The monoisotopic (exact) mass is 228 g/mol. The molecule has 0 aliphatic rings. The quantitative estimate of drug-likeness (QED) is 0.769. The number of hydrogen-bond donors (Lipinski definition) is 1. The number of carbonyl (C=O) groups excluding carboxylic acids is 1. The molecular weight excluding hydrogens is 216 g/mol. The Hall–Kier alpha value is -1.13. The first-order chi connectivity index (χ1) is 7.27. The zero-order valence-electron chi connectivity index (χ0n) is 8.44. The van der Waals surface area contributed by atoms with Gasteiger partial charge in [-0.2, -0.15) is 0 Å². The number of nitrogens with zero attached hydrogens (tertiary/aromatic N) is 1. The van der Waals surface area contributed by atoms with Crippen molar-refractivity contribution in [2.75, 3.05) is 19.6 Å². The summed E-state index contributed by atoms with van der Waals surface area (Å²) >= 11 is 5.41. The predicted molar refractivity (Wildman–Crippen MR) is 57.7 cm³/mol. The van der Waals surface area contributed by atoms with Crippen molar-refractivity contribution in [2.45, 2.75) is 6.04 Å². The third kappa shape index (κ3) is 3.85. The molecular formula is C10H13ClN2O2. The van der Waals surface area contributed by atoms with Gasteiger partial charge in [-0.05, 0) is 12.1 Å². The second kappa shape index (κ2) is 6.37. The van der Waals surface area contributed by atoms with Gasteiger partial charge < -0.3 is 10.1 Å². The van der Waals surface area contributed by atoms with Crippen molar-refractivity contribution in [3.8, 4) is 0 Å². The lowest BCUT2D eigenvalue weighted by Crippen LogP contribution is -2.32. The molecule has 1 N–H and O–H groups in total. The first-order valence-electron chi connectivity index (χ1n) is 4.53. The first kappa shape index (κ1) is 11.9. The Morgan fingerprint density at radius 3 is 3.00 bits per heavy atom. The number of methoxy groups -OCH3 is 1. The van der Waals surface area contributed by atoms with Gasteiger partial charge in [-0.15, -0.1) is 11.6 Å². The standard InChI is InChI=1S/C10H13ClN2O2/c1-15-7-9(13-10(14)6-11)8-4-2-3-5-12-8/h2-5,9H,6-7H2,1H3,(H,13,14)/t9-/m0/s1. The van der Waals surface area contributed by atoms with E-state index in [1.54, 1.807) is 13.3 Å². The summed E-state index contributed by atoms with van der Waals surface area (Å²) in [6.07, 6.45) is 1.67. The SMILES string of the molecule is COC[C@H](NC(=O)CCl)c1ccccn1. The third-order valence-electron chi connectivity index (χ3n) is 1.83. The molecule has 15 heavy (non-hydrogen) atoms. The van der Waals surface area contributed by atoms with Gasteiger partial charge >= 0.3 is 0 Å². The average Bonchev–Trinajstić information content (AvgIpc) is 2.29. The average molecular weight is 229 g/mol. The molecule has 0 unspecified atom stereocenters. The van der Waals surface area contributed by atoms with Crippen molar-refractivity contribution < 1.29 is 9.53 Å². The zero-order chi connectivity index (χ0) is 11.1. The number of amides is 1. The summed E-state index contributed by atoms with van der Waals surface area (Å²) in [5.74, 6) is -0.295. The molecule has 0 saturated heterocycles. The van der Waals surface area contributed by atoms with Crippen LogP contribution in [0.5, 0.6) is 0 Å². The van der Waals surface area contributed by atoms with E-state index in [9.17, 15) is 4.79 Å². The van der Waals surface area contributed by atoms with Crippen LogP contribution < -0.4 is 5.32 Å². The molecule has 1 aromatic heterocycles. The van der Waals surface area contributed by atoms with E-state index in [1.165, 1.54) is 0 Å². The van der Waals surface area contributed by atoms with Crippen LogP contribution >= 0.6 is 11.6 Å². The summed E-state index contributed by atoms with van der Waals surface area (Å²) in [6.45, 7) is 0.375. The van der Waals surface area contributed by atoms with Gasteiger partial charge in [-0.25, -0.2) is 0 Å². The smallest absolute Gasteiger partial charge is 0.235 e. The molecule has 4 nitrogen and oxygen atoms in total. The fraction of sp³-hybridized carbons (Fsp3) is 0.400. The van der Waals surface area contributed by atoms with Crippen LogP contribution in [0.4, 0.5) is 0 Å². The molecule has 0 aliphatic carbocycles. The van der Waals surface area contributed by atoms with Crippen LogP contribution in [0.3, 0.4) is 0 Å². The van der Waals surface area contributed by atoms with Crippen LogP contribution in [0.25, 0.3) is 0 Å². The molecule has 5 heteroatoms. The Kier molecular flexibility index (Phi) is 5.07. The summed E-state index contributed by atoms with van der Waals surface area (Å²) in [6, 6.07) is 5.26. The number of carbonyl (C=O) groups is 1. The Morgan fingerprint density at radius 1 is 1.67 bits per heavy atom. The lowest BCUT2D eigenvalue weighted by atomic mass is 10.2. The number of rotatable bonds is 5. The maximum absolute atomic E-state index is 11.1. The number of aromatic nitrogens is 1. The number of halogens is 1. The molecule has 0 radical (unpaired) electrons. The summed E-state index contributed by atoms with van der Waals surface area (Å²) in [5, 5.41) is 2.73. The largest absolute Gasteiger partial charge is 0.382 e. The Bertz CT molecular complexity index is 306. The first-order valence-corrected chi connectivity index (χ1v) is 5.06. The van der Waals surface area contributed by atoms with Crippen LogP contribution in [0.2, 0.25) is 0 Å². The molecule has 1 amide bonds. The third-order valence-corrected chi connectivity index (χ3v) is 2.08. The van der Waals surface area contributed by atoms with E-state index >= 15 is 0 Å². The predicted octanol–water partition coefficient (Wildman–Crippen LogP) is 1.12. The second-order valence-corrected chi connectivity index (χ2v) is 3.23. The van der Waals surface area contributed by atoms with E-state index in [1.807, 2.05) is 18.2 Å². The number of alkyl halides is 1. The highest BCUT2D eigenvalue weighted by atomic mass is 35.5. The van der Waals surface area contributed by atoms with Gasteiger partial charge in [0.2, 0.25) is 5.91 Å². The van der Waals surface area contributed by atoms with Crippen molar-refractivity contribution in [3.05, 3.63) is 30.1 Å². The molecule has 0 fully saturated rings. The highest BCUT2D eigenvalue weighted by molar-refractivity contribution is 6.27. The molecule has 82 valence electrons. The van der Waals surface area contributed by atoms with Crippen molar-refractivity contribution in [1.29, 1.82) is 0 Å². The molecule has 1 atom stereocenters. The molecule has 0 bridgehead atoms. The van der Waals surface area contributed by atoms with E-state index in [2.05, 4.69) is 10.3 Å². The molecule has 0 saturated carbocycles. The maximum atomic E-state index is 11.1. The topological polar surface area (TPSA) is 51.2 Å². The normalized spacial score (nSPS) is 12.1. The van der Waals surface area contributed by atoms with Crippen molar-refractivity contribution >= 4 is 17.5 Å². The van der Waals surface area contributed by atoms with Gasteiger partial charge in [0.05, 0.1) is 18.3 Å². The summed E-state index contributed by atoms with van der Waals surface area (Å²) in [7, 11) is 1.57. The van der Waals surface area contributed by atoms with Crippen molar-refractivity contribution in [1.82, 2.24) is 10.3 Å². The lowest BCUT2D eigenvalue weighted by Gasteiger charge is -2.16. The minimum atomic E-state index is -0.248. The van der Waals surface area contributed by atoms with Crippen molar-refractivity contribution in [3.63, 3.8) is 0 Å². The van der Waals surface area contributed by atoms with Crippen molar-refractivity contribution in [2.24, 2.45) is 0 Å².